The quantitative estimate of drug-likeness (QED) is 0.806. The Morgan fingerprint density at radius 1 is 1.29 bits per heavy atom. The predicted molar refractivity (Wildman–Crippen MR) is 58.5 cm³/mol. The van der Waals surface area contributed by atoms with Crippen molar-refractivity contribution >= 4 is 23.2 Å². The molecule has 1 aliphatic carbocycles. The highest BCUT2D eigenvalue weighted by Gasteiger charge is 2.61. The van der Waals surface area contributed by atoms with E-state index in [9.17, 15) is 0 Å². The van der Waals surface area contributed by atoms with Gasteiger partial charge in [0.2, 0.25) is 0 Å². The average molecular weight is 231 g/mol. The summed E-state index contributed by atoms with van der Waals surface area (Å²) >= 11 is 12.1. The van der Waals surface area contributed by atoms with E-state index in [1.165, 1.54) is 0 Å². The van der Waals surface area contributed by atoms with Gasteiger partial charge in [-0.1, -0.05) is 37.0 Å². The van der Waals surface area contributed by atoms with Crippen LogP contribution in [0.3, 0.4) is 0 Å². The molecule has 1 fully saturated rings. The first-order valence-corrected chi connectivity index (χ1v) is 5.22. The largest absolute Gasteiger partial charge is 0.321 e. The molecule has 4 heteroatoms. The van der Waals surface area contributed by atoms with Crippen molar-refractivity contribution in [2.75, 3.05) is 0 Å². The normalized spacial score (nSPS) is 28.9. The van der Waals surface area contributed by atoms with Gasteiger partial charge in [-0.3, -0.25) is 4.98 Å². The Labute approximate surface area is 93.4 Å². The number of hydrogen-bond donors (Lipinski definition) is 1. The minimum absolute atomic E-state index is 0.0711. The van der Waals surface area contributed by atoms with Crippen LogP contribution in [0.1, 0.15) is 25.8 Å². The van der Waals surface area contributed by atoms with Crippen LogP contribution in [-0.4, -0.2) is 4.98 Å². The Bertz CT molecular complexity index is 369. The molecule has 1 heterocycles. The van der Waals surface area contributed by atoms with Gasteiger partial charge in [-0.25, -0.2) is 0 Å². The van der Waals surface area contributed by atoms with E-state index in [2.05, 4.69) is 18.8 Å². The molecule has 0 amide bonds. The van der Waals surface area contributed by atoms with Gasteiger partial charge in [0.15, 0.2) is 0 Å². The molecule has 2 nitrogen and oxygen atoms in total. The molecule has 1 aliphatic rings. The molecular formula is C10H12Cl2N2. The molecule has 2 rings (SSSR count). The highest BCUT2D eigenvalue weighted by molar-refractivity contribution is 6.36. The maximum Gasteiger partial charge on any atom is 0.0655 e. The molecule has 76 valence electrons. The average Bonchev–Trinajstić information content (AvgIpc) is 2.50. The van der Waals surface area contributed by atoms with Crippen molar-refractivity contribution in [3.63, 3.8) is 0 Å². The van der Waals surface area contributed by atoms with E-state index in [0.717, 1.165) is 12.0 Å². The number of pyridine rings is 1. The first-order valence-electron chi connectivity index (χ1n) is 4.47. The highest BCUT2D eigenvalue weighted by Crippen LogP contribution is 2.62. The van der Waals surface area contributed by atoms with E-state index in [1.54, 1.807) is 12.4 Å². The molecule has 0 spiro atoms. The van der Waals surface area contributed by atoms with Gasteiger partial charge in [-0.05, 0) is 11.8 Å². The van der Waals surface area contributed by atoms with Crippen molar-refractivity contribution in [1.29, 1.82) is 0 Å². The molecule has 0 aliphatic heterocycles. The Balaban J connectivity index is 2.54. The zero-order valence-electron chi connectivity index (χ0n) is 8.14. The molecule has 1 atom stereocenters. The molecule has 1 unspecified atom stereocenters. The molecular weight excluding hydrogens is 219 g/mol. The van der Waals surface area contributed by atoms with Crippen LogP contribution in [0.2, 0.25) is 10.0 Å². The van der Waals surface area contributed by atoms with Crippen LogP contribution in [0.5, 0.6) is 0 Å². The Morgan fingerprint density at radius 2 is 1.71 bits per heavy atom. The summed E-state index contributed by atoms with van der Waals surface area (Å²) in [5.74, 6) is 0. The Hall–Kier alpha value is -0.310. The van der Waals surface area contributed by atoms with Gasteiger partial charge in [0, 0.05) is 23.5 Å². The van der Waals surface area contributed by atoms with Gasteiger partial charge in [-0.2, -0.15) is 0 Å². The maximum absolute atomic E-state index is 6.25. The lowest BCUT2D eigenvalue weighted by Crippen LogP contribution is -2.26. The summed E-state index contributed by atoms with van der Waals surface area (Å²) < 4.78 is 0. The summed E-state index contributed by atoms with van der Waals surface area (Å²) in [4.78, 5) is 3.91. The van der Waals surface area contributed by atoms with Gasteiger partial charge in [0.1, 0.15) is 0 Å². The predicted octanol–water partition coefficient (Wildman–Crippen LogP) is 2.97. The number of aromatic nitrogens is 1. The van der Waals surface area contributed by atoms with E-state index < -0.39 is 0 Å². The fourth-order valence-electron chi connectivity index (χ4n) is 1.92. The minimum Gasteiger partial charge on any atom is -0.321 e. The molecule has 0 bridgehead atoms. The topological polar surface area (TPSA) is 38.9 Å². The summed E-state index contributed by atoms with van der Waals surface area (Å²) in [6.07, 6.45) is 4.08. The summed E-state index contributed by atoms with van der Waals surface area (Å²) in [7, 11) is 0. The second-order valence-corrected chi connectivity index (χ2v) is 5.32. The first-order chi connectivity index (χ1) is 6.38. The smallest absolute Gasteiger partial charge is 0.0655 e. The lowest BCUT2D eigenvalue weighted by atomic mass is 9.98. The third-order valence-corrected chi connectivity index (χ3v) is 3.68. The van der Waals surface area contributed by atoms with Crippen molar-refractivity contribution in [2.24, 2.45) is 11.1 Å². The standard InChI is InChI=1S/C10H12Cl2N2/c1-9(2)5-10(9,13)8-6(11)3-14-4-7(8)12/h3-4H,5,13H2,1-2H3. The molecule has 0 aromatic carbocycles. The second kappa shape index (κ2) is 2.84. The minimum atomic E-state index is -0.385. The molecule has 2 N–H and O–H groups in total. The Kier molecular flexibility index (Phi) is 2.08. The first kappa shape index (κ1) is 10.2. The fraction of sp³-hybridized carbons (Fsp3) is 0.500. The molecule has 0 radical (unpaired) electrons. The maximum atomic E-state index is 6.25. The molecule has 1 aromatic heterocycles. The van der Waals surface area contributed by atoms with Crippen molar-refractivity contribution in [3.8, 4) is 0 Å². The Morgan fingerprint density at radius 3 is 2.07 bits per heavy atom. The number of nitrogens with zero attached hydrogens (tertiary/aromatic N) is 1. The van der Waals surface area contributed by atoms with E-state index in [-0.39, 0.29) is 11.0 Å². The zero-order valence-corrected chi connectivity index (χ0v) is 9.65. The summed E-state index contributed by atoms with van der Waals surface area (Å²) in [6.45, 7) is 4.22. The monoisotopic (exact) mass is 230 g/mol. The van der Waals surface area contributed by atoms with Crippen molar-refractivity contribution < 1.29 is 0 Å². The van der Waals surface area contributed by atoms with Crippen molar-refractivity contribution in [2.45, 2.75) is 25.8 Å². The van der Waals surface area contributed by atoms with Crippen LogP contribution < -0.4 is 5.73 Å². The summed E-state index contributed by atoms with van der Waals surface area (Å²) in [5, 5.41) is 1.12. The summed E-state index contributed by atoms with van der Waals surface area (Å²) in [5.41, 5.74) is 6.77. The number of rotatable bonds is 1. The van der Waals surface area contributed by atoms with Gasteiger partial charge in [-0.15, -0.1) is 0 Å². The van der Waals surface area contributed by atoms with E-state index in [4.69, 9.17) is 28.9 Å². The molecule has 0 saturated heterocycles. The van der Waals surface area contributed by atoms with Crippen LogP contribution in [0.4, 0.5) is 0 Å². The molecule has 14 heavy (non-hydrogen) atoms. The lowest BCUT2D eigenvalue weighted by Gasteiger charge is -2.18. The van der Waals surface area contributed by atoms with Gasteiger partial charge in [0.25, 0.3) is 0 Å². The fourth-order valence-corrected chi connectivity index (χ4v) is 2.62. The highest BCUT2D eigenvalue weighted by atomic mass is 35.5. The van der Waals surface area contributed by atoms with Crippen molar-refractivity contribution in [3.05, 3.63) is 28.0 Å². The third kappa shape index (κ3) is 1.25. The SMILES string of the molecule is CC1(C)CC1(N)c1c(Cl)cncc1Cl. The third-order valence-electron chi connectivity index (χ3n) is 3.10. The van der Waals surface area contributed by atoms with Gasteiger partial charge >= 0.3 is 0 Å². The zero-order chi connectivity index (χ0) is 10.6. The molecule has 1 saturated carbocycles. The second-order valence-electron chi connectivity index (χ2n) is 4.51. The van der Waals surface area contributed by atoms with Crippen LogP contribution in [0, 0.1) is 5.41 Å². The van der Waals surface area contributed by atoms with Crippen LogP contribution in [0.15, 0.2) is 12.4 Å². The number of halogens is 2. The van der Waals surface area contributed by atoms with Crippen LogP contribution in [0.25, 0.3) is 0 Å². The van der Waals surface area contributed by atoms with E-state index >= 15 is 0 Å². The lowest BCUT2D eigenvalue weighted by molar-refractivity contribution is 0.510. The van der Waals surface area contributed by atoms with Gasteiger partial charge < -0.3 is 5.73 Å². The molecule has 1 aromatic rings. The summed E-state index contributed by atoms with van der Waals surface area (Å²) in [6, 6.07) is 0. The van der Waals surface area contributed by atoms with E-state index in [0.29, 0.717) is 10.0 Å². The van der Waals surface area contributed by atoms with Crippen molar-refractivity contribution in [1.82, 2.24) is 4.98 Å². The van der Waals surface area contributed by atoms with Gasteiger partial charge in [0.05, 0.1) is 10.0 Å². The van der Waals surface area contributed by atoms with E-state index in [1.807, 2.05) is 0 Å². The number of nitrogens with two attached hydrogens (primary N) is 1. The van der Waals surface area contributed by atoms with Crippen LogP contribution >= 0.6 is 23.2 Å². The number of hydrogen-bond acceptors (Lipinski definition) is 2. The van der Waals surface area contributed by atoms with Crippen LogP contribution in [-0.2, 0) is 5.54 Å².